The molecule has 0 amide bonds. The van der Waals surface area contributed by atoms with Crippen LogP contribution >= 0.6 is 0 Å². The Hall–Kier alpha value is -0.940. The van der Waals surface area contributed by atoms with Gasteiger partial charge >= 0.3 is 0 Å². The van der Waals surface area contributed by atoms with Crippen molar-refractivity contribution in [3.8, 4) is 0 Å². The highest BCUT2D eigenvalue weighted by Crippen LogP contribution is 2.31. The largest absolute Gasteiger partial charge is 0.377 e. The molecule has 106 valence electrons. The summed E-state index contributed by atoms with van der Waals surface area (Å²) in [5.41, 5.74) is 0. The van der Waals surface area contributed by atoms with Gasteiger partial charge in [-0.3, -0.25) is 4.90 Å². The standard InChI is InChI=1S/C14H23N3O2/c1-2-13-15-14(16-19-13)12-7-5-8-17(12)10-11-6-3-4-9-18-11/h11-12H,2-10H2,1H3/t11-,12-/m1/s1. The maximum atomic E-state index is 5.84. The molecule has 0 aromatic carbocycles. The molecule has 3 heterocycles. The van der Waals surface area contributed by atoms with E-state index < -0.39 is 0 Å². The van der Waals surface area contributed by atoms with E-state index in [1.54, 1.807) is 0 Å². The number of nitrogens with zero attached hydrogens (tertiary/aromatic N) is 3. The van der Waals surface area contributed by atoms with E-state index in [2.05, 4.69) is 15.0 Å². The molecule has 2 aliphatic heterocycles. The Morgan fingerprint density at radius 3 is 2.95 bits per heavy atom. The average Bonchev–Trinajstić information content (AvgIpc) is 3.08. The number of hydrogen-bond donors (Lipinski definition) is 0. The minimum atomic E-state index is 0.328. The van der Waals surface area contributed by atoms with Gasteiger partial charge < -0.3 is 9.26 Å². The first-order valence-corrected chi connectivity index (χ1v) is 7.55. The van der Waals surface area contributed by atoms with Crippen LogP contribution in [0.25, 0.3) is 0 Å². The van der Waals surface area contributed by atoms with Crippen LogP contribution < -0.4 is 0 Å². The van der Waals surface area contributed by atoms with E-state index in [0.29, 0.717) is 12.1 Å². The van der Waals surface area contributed by atoms with Crippen LogP contribution in [0, 0.1) is 0 Å². The van der Waals surface area contributed by atoms with E-state index in [1.807, 2.05) is 6.92 Å². The van der Waals surface area contributed by atoms with Gasteiger partial charge in [0.25, 0.3) is 0 Å². The summed E-state index contributed by atoms with van der Waals surface area (Å²) in [6.45, 7) is 5.10. The molecule has 2 fully saturated rings. The molecule has 0 saturated carbocycles. The lowest BCUT2D eigenvalue weighted by molar-refractivity contribution is -0.00870. The topological polar surface area (TPSA) is 51.4 Å². The monoisotopic (exact) mass is 265 g/mol. The van der Waals surface area contributed by atoms with Crippen LogP contribution in [0.5, 0.6) is 0 Å². The normalized spacial score (nSPS) is 28.9. The summed E-state index contributed by atoms with van der Waals surface area (Å²) in [4.78, 5) is 6.97. The molecule has 5 heteroatoms. The maximum Gasteiger partial charge on any atom is 0.226 e. The van der Waals surface area contributed by atoms with Gasteiger partial charge in [0.2, 0.25) is 5.89 Å². The van der Waals surface area contributed by atoms with Crippen molar-refractivity contribution in [3.63, 3.8) is 0 Å². The molecule has 19 heavy (non-hydrogen) atoms. The molecule has 2 aliphatic rings. The predicted molar refractivity (Wildman–Crippen MR) is 70.8 cm³/mol. The first-order valence-electron chi connectivity index (χ1n) is 7.55. The molecule has 0 radical (unpaired) electrons. The summed E-state index contributed by atoms with van der Waals surface area (Å²) in [5, 5.41) is 4.14. The van der Waals surface area contributed by atoms with E-state index in [-0.39, 0.29) is 0 Å². The summed E-state index contributed by atoms with van der Waals surface area (Å²) < 4.78 is 11.1. The molecule has 5 nitrogen and oxygen atoms in total. The van der Waals surface area contributed by atoms with E-state index in [4.69, 9.17) is 9.26 Å². The van der Waals surface area contributed by atoms with Crippen LogP contribution in [-0.2, 0) is 11.2 Å². The molecule has 2 atom stereocenters. The highest BCUT2D eigenvalue weighted by Gasteiger charge is 2.32. The summed E-state index contributed by atoms with van der Waals surface area (Å²) >= 11 is 0. The number of likely N-dealkylation sites (tertiary alicyclic amines) is 1. The Kier molecular flexibility index (Phi) is 4.13. The SMILES string of the molecule is CCc1nc([C@H]2CCCN2C[C@H]2CCCCO2)no1. The van der Waals surface area contributed by atoms with Crippen molar-refractivity contribution in [2.45, 2.75) is 57.6 Å². The fourth-order valence-electron chi connectivity index (χ4n) is 3.10. The Balaban J connectivity index is 1.63. The zero-order valence-electron chi connectivity index (χ0n) is 11.7. The van der Waals surface area contributed by atoms with Gasteiger partial charge in [-0.15, -0.1) is 0 Å². The van der Waals surface area contributed by atoms with Crippen LogP contribution in [0.2, 0.25) is 0 Å². The van der Waals surface area contributed by atoms with E-state index >= 15 is 0 Å². The van der Waals surface area contributed by atoms with E-state index in [1.165, 1.54) is 25.7 Å². The Morgan fingerprint density at radius 2 is 2.21 bits per heavy atom. The van der Waals surface area contributed by atoms with Crippen molar-refractivity contribution < 1.29 is 9.26 Å². The van der Waals surface area contributed by atoms with Crippen LogP contribution in [0.15, 0.2) is 4.52 Å². The molecule has 0 spiro atoms. The number of rotatable bonds is 4. The van der Waals surface area contributed by atoms with Crippen molar-refractivity contribution in [2.75, 3.05) is 19.7 Å². The van der Waals surface area contributed by atoms with Gasteiger partial charge in [-0.2, -0.15) is 4.98 Å². The lowest BCUT2D eigenvalue weighted by atomic mass is 10.1. The molecule has 3 rings (SSSR count). The molecule has 1 aromatic heterocycles. The number of hydrogen-bond acceptors (Lipinski definition) is 5. The number of ether oxygens (including phenoxy) is 1. The second-order valence-corrected chi connectivity index (χ2v) is 5.54. The molecule has 0 N–H and O–H groups in total. The summed E-state index contributed by atoms with van der Waals surface area (Å²) in [6, 6.07) is 0.328. The van der Waals surface area contributed by atoms with Gasteiger partial charge in [-0.1, -0.05) is 12.1 Å². The van der Waals surface area contributed by atoms with Crippen molar-refractivity contribution in [2.24, 2.45) is 0 Å². The molecular formula is C14H23N3O2. The predicted octanol–water partition coefficient (Wildman–Crippen LogP) is 2.34. The van der Waals surface area contributed by atoms with Gasteiger partial charge in [0, 0.05) is 19.6 Å². The maximum absolute atomic E-state index is 5.84. The third-order valence-electron chi connectivity index (χ3n) is 4.16. The summed E-state index contributed by atoms with van der Waals surface area (Å²) in [7, 11) is 0. The van der Waals surface area contributed by atoms with Gasteiger partial charge in [0.15, 0.2) is 5.82 Å². The van der Waals surface area contributed by atoms with E-state index in [0.717, 1.165) is 44.3 Å². The van der Waals surface area contributed by atoms with Crippen LogP contribution in [0.1, 0.15) is 56.8 Å². The minimum Gasteiger partial charge on any atom is -0.377 e. The Morgan fingerprint density at radius 1 is 1.26 bits per heavy atom. The van der Waals surface area contributed by atoms with Crippen LogP contribution in [0.4, 0.5) is 0 Å². The summed E-state index contributed by atoms with van der Waals surface area (Å²) in [5.74, 6) is 1.61. The Labute approximate surface area is 114 Å². The quantitative estimate of drug-likeness (QED) is 0.836. The molecule has 0 bridgehead atoms. The zero-order valence-corrected chi connectivity index (χ0v) is 11.7. The third-order valence-corrected chi connectivity index (χ3v) is 4.16. The smallest absolute Gasteiger partial charge is 0.226 e. The molecular weight excluding hydrogens is 242 g/mol. The Bertz CT molecular complexity index is 401. The minimum absolute atomic E-state index is 0.328. The van der Waals surface area contributed by atoms with Crippen molar-refractivity contribution in [1.29, 1.82) is 0 Å². The fourth-order valence-corrected chi connectivity index (χ4v) is 3.10. The number of aryl methyl sites for hydroxylation is 1. The van der Waals surface area contributed by atoms with Crippen LogP contribution in [-0.4, -0.2) is 40.8 Å². The van der Waals surface area contributed by atoms with Crippen molar-refractivity contribution >= 4 is 0 Å². The zero-order chi connectivity index (χ0) is 13.1. The van der Waals surface area contributed by atoms with Gasteiger partial charge in [-0.25, -0.2) is 0 Å². The van der Waals surface area contributed by atoms with Gasteiger partial charge in [-0.05, 0) is 38.6 Å². The molecule has 1 aromatic rings. The summed E-state index contributed by atoms with van der Waals surface area (Å²) in [6.07, 6.45) is 7.26. The average molecular weight is 265 g/mol. The first kappa shape index (κ1) is 13.1. The lowest BCUT2D eigenvalue weighted by Gasteiger charge is -2.29. The first-order chi connectivity index (χ1) is 9.36. The lowest BCUT2D eigenvalue weighted by Crippen LogP contribution is -2.35. The van der Waals surface area contributed by atoms with Gasteiger partial charge in [0.05, 0.1) is 12.1 Å². The third kappa shape index (κ3) is 2.98. The highest BCUT2D eigenvalue weighted by atomic mass is 16.5. The fraction of sp³-hybridized carbons (Fsp3) is 0.857. The van der Waals surface area contributed by atoms with Crippen LogP contribution in [0.3, 0.4) is 0 Å². The second kappa shape index (κ2) is 6.01. The molecule has 0 unspecified atom stereocenters. The molecule has 0 aliphatic carbocycles. The second-order valence-electron chi connectivity index (χ2n) is 5.54. The number of aromatic nitrogens is 2. The van der Waals surface area contributed by atoms with Crippen molar-refractivity contribution in [1.82, 2.24) is 15.0 Å². The molecule has 2 saturated heterocycles. The highest BCUT2D eigenvalue weighted by molar-refractivity contribution is 4.98. The van der Waals surface area contributed by atoms with Gasteiger partial charge in [0.1, 0.15) is 0 Å². The van der Waals surface area contributed by atoms with E-state index in [9.17, 15) is 0 Å². The van der Waals surface area contributed by atoms with Crippen molar-refractivity contribution in [3.05, 3.63) is 11.7 Å².